The Morgan fingerprint density at radius 1 is 1.44 bits per heavy atom. The van der Waals surface area contributed by atoms with Gasteiger partial charge < -0.3 is 15.0 Å². The van der Waals surface area contributed by atoms with Crippen LogP contribution < -0.4 is 5.73 Å². The third-order valence-electron chi connectivity index (χ3n) is 2.33. The zero-order chi connectivity index (χ0) is 11.5. The number of ether oxygens (including phenoxy) is 1. The van der Waals surface area contributed by atoms with Crippen LogP contribution in [0.2, 0.25) is 0 Å². The smallest absolute Gasteiger partial charge is 0.165 e. The van der Waals surface area contributed by atoms with Gasteiger partial charge in [-0.1, -0.05) is 0 Å². The predicted molar refractivity (Wildman–Crippen MR) is 60.8 cm³/mol. The second kappa shape index (κ2) is 4.44. The van der Waals surface area contributed by atoms with Crippen molar-refractivity contribution in [2.45, 2.75) is 26.5 Å². The fourth-order valence-electron chi connectivity index (χ4n) is 1.65. The molecule has 0 radical (unpaired) electrons. The molecule has 2 aromatic heterocycles. The van der Waals surface area contributed by atoms with Crippen molar-refractivity contribution in [1.82, 2.24) is 19.5 Å². The van der Waals surface area contributed by atoms with Crippen molar-refractivity contribution in [2.75, 3.05) is 12.3 Å². The van der Waals surface area contributed by atoms with Gasteiger partial charge in [0.05, 0.1) is 19.0 Å². The molecule has 1 atom stereocenters. The molecule has 86 valence electrons. The minimum atomic E-state index is 0.124. The molecule has 2 N–H and O–H groups in total. The lowest BCUT2D eigenvalue weighted by atomic mass is 10.4. The first-order valence-corrected chi connectivity index (χ1v) is 5.25. The quantitative estimate of drug-likeness (QED) is 0.827. The lowest BCUT2D eigenvalue weighted by molar-refractivity contribution is 0.0647. The van der Waals surface area contributed by atoms with Crippen molar-refractivity contribution in [3.63, 3.8) is 0 Å². The molecule has 0 aliphatic rings. The SMILES string of the molecule is CCO[C@H](C)Cn1cnc2c(N)ncnc21. The van der Waals surface area contributed by atoms with Gasteiger partial charge in [-0.05, 0) is 13.8 Å². The summed E-state index contributed by atoms with van der Waals surface area (Å²) in [6.07, 6.45) is 3.28. The maximum atomic E-state index is 5.70. The van der Waals surface area contributed by atoms with Crippen LogP contribution in [0.1, 0.15) is 13.8 Å². The Bertz CT molecular complexity index is 481. The van der Waals surface area contributed by atoms with E-state index in [1.165, 1.54) is 6.33 Å². The summed E-state index contributed by atoms with van der Waals surface area (Å²) in [5.74, 6) is 0.410. The Labute approximate surface area is 93.5 Å². The van der Waals surface area contributed by atoms with Gasteiger partial charge in [-0.15, -0.1) is 0 Å². The van der Waals surface area contributed by atoms with Crippen molar-refractivity contribution in [3.05, 3.63) is 12.7 Å². The molecule has 0 aliphatic carbocycles. The largest absolute Gasteiger partial charge is 0.382 e. The average Bonchev–Trinajstić information content (AvgIpc) is 2.64. The Kier molecular flexibility index (Phi) is 3.00. The highest BCUT2D eigenvalue weighted by Gasteiger charge is 2.10. The van der Waals surface area contributed by atoms with Crippen LogP contribution >= 0.6 is 0 Å². The van der Waals surface area contributed by atoms with Gasteiger partial charge in [0.25, 0.3) is 0 Å². The molecule has 0 aromatic carbocycles. The maximum Gasteiger partial charge on any atom is 0.165 e. The van der Waals surface area contributed by atoms with E-state index >= 15 is 0 Å². The zero-order valence-corrected chi connectivity index (χ0v) is 9.42. The molecular formula is C10H15N5O. The van der Waals surface area contributed by atoms with Crippen molar-refractivity contribution >= 4 is 17.0 Å². The molecule has 0 spiro atoms. The standard InChI is InChI=1S/C10H15N5O/c1-3-16-7(2)4-15-6-14-8-9(11)12-5-13-10(8)15/h5-7H,3-4H2,1-2H3,(H2,11,12,13)/t7-/m1/s1. The number of imidazole rings is 1. The molecule has 0 aliphatic heterocycles. The van der Waals surface area contributed by atoms with Gasteiger partial charge in [0.15, 0.2) is 11.5 Å². The fourth-order valence-corrected chi connectivity index (χ4v) is 1.65. The summed E-state index contributed by atoms with van der Waals surface area (Å²) in [7, 11) is 0. The third kappa shape index (κ3) is 1.96. The third-order valence-corrected chi connectivity index (χ3v) is 2.33. The average molecular weight is 221 g/mol. The fraction of sp³-hybridized carbons (Fsp3) is 0.500. The minimum absolute atomic E-state index is 0.124. The van der Waals surface area contributed by atoms with E-state index in [-0.39, 0.29) is 6.10 Å². The second-order valence-corrected chi connectivity index (χ2v) is 3.59. The van der Waals surface area contributed by atoms with E-state index < -0.39 is 0 Å². The predicted octanol–water partition coefficient (Wildman–Crippen LogP) is 0.833. The highest BCUT2D eigenvalue weighted by molar-refractivity contribution is 5.81. The Morgan fingerprint density at radius 3 is 3.00 bits per heavy atom. The summed E-state index contributed by atoms with van der Waals surface area (Å²) in [5, 5.41) is 0. The van der Waals surface area contributed by atoms with Gasteiger partial charge in [0.2, 0.25) is 0 Å². The molecule has 0 saturated heterocycles. The van der Waals surface area contributed by atoms with Gasteiger partial charge in [-0.25, -0.2) is 15.0 Å². The number of nitrogens with zero attached hydrogens (tertiary/aromatic N) is 4. The van der Waals surface area contributed by atoms with Crippen LogP contribution in [0.4, 0.5) is 5.82 Å². The van der Waals surface area contributed by atoms with E-state index in [9.17, 15) is 0 Å². The van der Waals surface area contributed by atoms with E-state index in [2.05, 4.69) is 15.0 Å². The van der Waals surface area contributed by atoms with Gasteiger partial charge in [0, 0.05) is 6.61 Å². The molecule has 6 heteroatoms. The van der Waals surface area contributed by atoms with Crippen LogP contribution in [0.5, 0.6) is 0 Å². The van der Waals surface area contributed by atoms with Crippen molar-refractivity contribution in [2.24, 2.45) is 0 Å². The Hall–Kier alpha value is -1.69. The molecule has 0 amide bonds. The van der Waals surface area contributed by atoms with Crippen LogP contribution in [0.25, 0.3) is 11.2 Å². The van der Waals surface area contributed by atoms with Crippen molar-refractivity contribution in [1.29, 1.82) is 0 Å². The maximum absolute atomic E-state index is 5.70. The Morgan fingerprint density at radius 2 is 2.25 bits per heavy atom. The molecule has 0 unspecified atom stereocenters. The Balaban J connectivity index is 2.28. The summed E-state index contributed by atoms with van der Waals surface area (Å²) >= 11 is 0. The number of hydrogen-bond acceptors (Lipinski definition) is 5. The molecule has 2 aromatic rings. The number of hydrogen-bond donors (Lipinski definition) is 1. The number of fused-ring (bicyclic) bond motifs is 1. The summed E-state index contributed by atoms with van der Waals surface area (Å²) in [4.78, 5) is 12.3. The number of nitrogens with two attached hydrogens (primary N) is 1. The van der Waals surface area contributed by atoms with Gasteiger partial charge >= 0.3 is 0 Å². The zero-order valence-electron chi connectivity index (χ0n) is 9.42. The molecule has 0 bridgehead atoms. The van der Waals surface area contributed by atoms with E-state index in [0.29, 0.717) is 24.5 Å². The highest BCUT2D eigenvalue weighted by atomic mass is 16.5. The van der Waals surface area contributed by atoms with Crippen molar-refractivity contribution in [3.8, 4) is 0 Å². The molecule has 2 heterocycles. The number of anilines is 1. The number of nitrogen functional groups attached to an aromatic ring is 1. The summed E-state index contributed by atoms with van der Waals surface area (Å²) in [5.41, 5.74) is 7.09. The van der Waals surface area contributed by atoms with E-state index in [0.717, 1.165) is 5.65 Å². The topological polar surface area (TPSA) is 78.9 Å². The van der Waals surface area contributed by atoms with Crippen LogP contribution in [0.15, 0.2) is 12.7 Å². The first kappa shape index (κ1) is 10.8. The van der Waals surface area contributed by atoms with Gasteiger partial charge in [0.1, 0.15) is 11.8 Å². The van der Waals surface area contributed by atoms with Gasteiger partial charge in [-0.2, -0.15) is 0 Å². The van der Waals surface area contributed by atoms with E-state index in [1.54, 1.807) is 6.33 Å². The highest BCUT2D eigenvalue weighted by Crippen LogP contribution is 2.14. The molecule has 2 rings (SSSR count). The van der Waals surface area contributed by atoms with E-state index in [4.69, 9.17) is 10.5 Å². The van der Waals surface area contributed by atoms with Crippen LogP contribution in [0.3, 0.4) is 0 Å². The minimum Gasteiger partial charge on any atom is -0.382 e. The normalized spacial score (nSPS) is 13.1. The second-order valence-electron chi connectivity index (χ2n) is 3.59. The van der Waals surface area contributed by atoms with Crippen LogP contribution in [-0.2, 0) is 11.3 Å². The molecule has 16 heavy (non-hydrogen) atoms. The first-order valence-electron chi connectivity index (χ1n) is 5.25. The lowest BCUT2D eigenvalue weighted by Gasteiger charge is -2.12. The summed E-state index contributed by atoms with van der Waals surface area (Å²) < 4.78 is 7.40. The monoisotopic (exact) mass is 221 g/mol. The van der Waals surface area contributed by atoms with Crippen molar-refractivity contribution < 1.29 is 4.74 Å². The number of rotatable bonds is 4. The van der Waals surface area contributed by atoms with Crippen LogP contribution in [0, 0.1) is 0 Å². The molecule has 0 fully saturated rings. The van der Waals surface area contributed by atoms with Gasteiger partial charge in [-0.3, -0.25) is 0 Å². The summed E-state index contributed by atoms with van der Waals surface area (Å²) in [6, 6.07) is 0. The summed E-state index contributed by atoms with van der Waals surface area (Å²) in [6.45, 7) is 5.40. The number of aromatic nitrogens is 4. The first-order chi connectivity index (χ1) is 7.72. The molecule has 6 nitrogen and oxygen atoms in total. The van der Waals surface area contributed by atoms with E-state index in [1.807, 2.05) is 18.4 Å². The molecular weight excluding hydrogens is 206 g/mol. The lowest BCUT2D eigenvalue weighted by Crippen LogP contribution is -2.16. The van der Waals surface area contributed by atoms with Crippen LogP contribution in [-0.4, -0.2) is 32.2 Å². The molecule has 0 saturated carbocycles.